The highest BCUT2D eigenvalue weighted by atomic mass is 35.5. The first-order valence-electron chi connectivity index (χ1n) is 7.47. The number of thiophene rings is 1. The van der Waals surface area contributed by atoms with Crippen LogP contribution in [0.15, 0.2) is 46.3 Å². The SMILES string of the molecule is C[C@H](N=C1NS(=O)(=O)c2ccccc21)C(=O)N(C)Cc1ccc(Cl)s1. The van der Waals surface area contributed by atoms with Gasteiger partial charge < -0.3 is 4.90 Å². The Hall–Kier alpha value is -1.90. The fourth-order valence-electron chi connectivity index (χ4n) is 2.55. The molecule has 0 saturated carbocycles. The van der Waals surface area contributed by atoms with E-state index in [0.717, 1.165) is 4.88 Å². The van der Waals surface area contributed by atoms with Crippen molar-refractivity contribution in [3.63, 3.8) is 0 Å². The van der Waals surface area contributed by atoms with Gasteiger partial charge in [0.25, 0.3) is 10.0 Å². The van der Waals surface area contributed by atoms with Gasteiger partial charge in [0.2, 0.25) is 5.91 Å². The van der Waals surface area contributed by atoms with Crippen molar-refractivity contribution >= 4 is 44.7 Å². The van der Waals surface area contributed by atoms with Crippen LogP contribution >= 0.6 is 22.9 Å². The number of amidine groups is 1. The van der Waals surface area contributed by atoms with Crippen molar-refractivity contribution in [3.05, 3.63) is 51.2 Å². The van der Waals surface area contributed by atoms with Gasteiger partial charge in [0, 0.05) is 17.5 Å². The number of aliphatic imine (C=N–C) groups is 1. The highest BCUT2D eigenvalue weighted by Gasteiger charge is 2.31. The van der Waals surface area contributed by atoms with E-state index in [4.69, 9.17) is 11.6 Å². The highest BCUT2D eigenvalue weighted by Crippen LogP contribution is 2.24. The normalized spacial score (nSPS) is 17.8. The van der Waals surface area contributed by atoms with Crippen LogP contribution in [0.3, 0.4) is 0 Å². The van der Waals surface area contributed by atoms with Crippen LogP contribution in [0, 0.1) is 0 Å². The molecule has 2 aromatic rings. The average Bonchev–Trinajstić information content (AvgIpc) is 3.08. The van der Waals surface area contributed by atoms with E-state index >= 15 is 0 Å². The zero-order chi connectivity index (χ0) is 18.2. The number of sulfonamides is 1. The van der Waals surface area contributed by atoms with Gasteiger partial charge in [-0.05, 0) is 31.2 Å². The number of fused-ring (bicyclic) bond motifs is 1. The molecular weight excluding hydrogens is 382 g/mol. The summed E-state index contributed by atoms with van der Waals surface area (Å²) in [4.78, 5) is 19.5. The topological polar surface area (TPSA) is 78.8 Å². The molecule has 1 aliphatic rings. The summed E-state index contributed by atoms with van der Waals surface area (Å²) in [6.07, 6.45) is 0. The Labute approximate surface area is 155 Å². The lowest BCUT2D eigenvalue weighted by Crippen LogP contribution is -2.35. The molecule has 0 saturated heterocycles. The van der Waals surface area contributed by atoms with Crippen LogP contribution in [0.1, 0.15) is 17.4 Å². The van der Waals surface area contributed by atoms with E-state index < -0.39 is 16.1 Å². The quantitative estimate of drug-likeness (QED) is 0.860. The van der Waals surface area contributed by atoms with E-state index in [0.29, 0.717) is 16.4 Å². The first-order chi connectivity index (χ1) is 11.8. The first-order valence-corrected chi connectivity index (χ1v) is 10.1. The van der Waals surface area contributed by atoms with E-state index in [1.165, 1.54) is 17.4 Å². The molecule has 25 heavy (non-hydrogen) atoms. The summed E-state index contributed by atoms with van der Waals surface area (Å²) in [7, 11) is -1.93. The molecule has 3 rings (SSSR count). The third-order valence-corrected chi connectivity index (χ3v) is 6.35. The van der Waals surface area contributed by atoms with Crippen molar-refractivity contribution in [2.75, 3.05) is 7.05 Å². The molecule has 1 amide bonds. The Morgan fingerprint density at radius 2 is 2.04 bits per heavy atom. The van der Waals surface area contributed by atoms with Crippen molar-refractivity contribution in [1.29, 1.82) is 0 Å². The van der Waals surface area contributed by atoms with E-state index in [2.05, 4.69) is 9.71 Å². The van der Waals surface area contributed by atoms with Crippen LogP contribution in [0.25, 0.3) is 0 Å². The van der Waals surface area contributed by atoms with Crippen LogP contribution in [0.4, 0.5) is 0 Å². The Kier molecular flexibility index (Phi) is 4.86. The minimum Gasteiger partial charge on any atom is -0.339 e. The lowest BCUT2D eigenvalue weighted by molar-refractivity contribution is -0.131. The Morgan fingerprint density at radius 3 is 2.72 bits per heavy atom. The van der Waals surface area contributed by atoms with Crippen molar-refractivity contribution in [2.45, 2.75) is 24.4 Å². The van der Waals surface area contributed by atoms with Crippen LogP contribution in [-0.4, -0.2) is 38.2 Å². The molecule has 1 aromatic carbocycles. The summed E-state index contributed by atoms with van der Waals surface area (Å²) < 4.78 is 27.3. The molecule has 0 spiro atoms. The predicted molar refractivity (Wildman–Crippen MR) is 98.6 cm³/mol. The van der Waals surface area contributed by atoms with Gasteiger partial charge in [-0.3, -0.25) is 14.5 Å². The second kappa shape index (κ2) is 6.78. The van der Waals surface area contributed by atoms with Crippen LogP contribution < -0.4 is 4.72 Å². The molecule has 0 radical (unpaired) electrons. The molecule has 1 N–H and O–H groups in total. The number of hydrogen-bond donors (Lipinski definition) is 1. The number of nitrogens with one attached hydrogen (secondary N) is 1. The average molecular weight is 398 g/mol. The number of rotatable bonds is 4. The van der Waals surface area contributed by atoms with Crippen molar-refractivity contribution in [2.24, 2.45) is 4.99 Å². The molecule has 132 valence electrons. The molecule has 1 aromatic heterocycles. The van der Waals surface area contributed by atoms with Gasteiger partial charge in [-0.15, -0.1) is 11.3 Å². The first kappa shape index (κ1) is 17.9. The summed E-state index contributed by atoms with van der Waals surface area (Å²) in [6.45, 7) is 2.07. The van der Waals surface area contributed by atoms with Gasteiger partial charge in [0.1, 0.15) is 11.9 Å². The summed E-state index contributed by atoms with van der Waals surface area (Å²) in [5, 5.41) is 0. The molecule has 0 unspecified atom stereocenters. The zero-order valence-electron chi connectivity index (χ0n) is 13.6. The lowest BCUT2D eigenvalue weighted by Gasteiger charge is -2.19. The number of likely N-dealkylation sites (N-methyl/N-ethyl adjacent to an activating group) is 1. The molecular formula is C16H16ClN3O3S2. The number of amides is 1. The Balaban J connectivity index is 1.78. The largest absolute Gasteiger partial charge is 0.339 e. The molecule has 6 nitrogen and oxygen atoms in total. The molecule has 0 fully saturated rings. The van der Waals surface area contributed by atoms with Gasteiger partial charge in [0.05, 0.1) is 15.8 Å². The van der Waals surface area contributed by atoms with Crippen LogP contribution in [0.5, 0.6) is 0 Å². The van der Waals surface area contributed by atoms with Crippen molar-refractivity contribution in [3.8, 4) is 0 Å². The third-order valence-electron chi connectivity index (χ3n) is 3.74. The molecule has 0 bridgehead atoms. The maximum absolute atomic E-state index is 12.5. The molecule has 0 aliphatic carbocycles. The number of carbonyl (C=O) groups excluding carboxylic acids is 1. The smallest absolute Gasteiger partial charge is 0.263 e. The lowest BCUT2D eigenvalue weighted by atomic mass is 10.2. The molecule has 1 atom stereocenters. The Morgan fingerprint density at radius 1 is 1.32 bits per heavy atom. The van der Waals surface area contributed by atoms with E-state index in [1.54, 1.807) is 43.1 Å². The minimum absolute atomic E-state index is 0.176. The van der Waals surface area contributed by atoms with Crippen LogP contribution in [0.2, 0.25) is 4.34 Å². The van der Waals surface area contributed by atoms with Crippen molar-refractivity contribution < 1.29 is 13.2 Å². The van der Waals surface area contributed by atoms with Crippen molar-refractivity contribution in [1.82, 2.24) is 9.62 Å². The van der Waals surface area contributed by atoms with Gasteiger partial charge in [0.15, 0.2) is 0 Å². The minimum atomic E-state index is -3.61. The second-order valence-electron chi connectivity index (χ2n) is 5.66. The molecule has 2 heterocycles. The monoisotopic (exact) mass is 397 g/mol. The summed E-state index contributed by atoms with van der Waals surface area (Å²) in [5.74, 6) is -0.00961. The summed E-state index contributed by atoms with van der Waals surface area (Å²) in [5.41, 5.74) is 0.481. The van der Waals surface area contributed by atoms with Gasteiger partial charge in [-0.2, -0.15) is 0 Å². The fraction of sp³-hybridized carbons (Fsp3) is 0.250. The predicted octanol–water partition coefficient (Wildman–Crippen LogP) is 2.49. The fourth-order valence-corrected chi connectivity index (χ4v) is 4.93. The number of benzene rings is 1. The number of halogens is 1. The van der Waals surface area contributed by atoms with Gasteiger partial charge in [-0.1, -0.05) is 23.7 Å². The van der Waals surface area contributed by atoms with E-state index in [1.807, 2.05) is 6.07 Å². The number of hydrogen-bond acceptors (Lipinski definition) is 5. The maximum Gasteiger partial charge on any atom is 0.263 e. The Bertz CT molecular complexity index is 953. The summed E-state index contributed by atoms with van der Waals surface area (Å²) in [6, 6.07) is 9.50. The van der Waals surface area contributed by atoms with Crippen LogP contribution in [-0.2, 0) is 21.4 Å². The van der Waals surface area contributed by atoms with Gasteiger partial charge >= 0.3 is 0 Å². The van der Waals surface area contributed by atoms with E-state index in [-0.39, 0.29) is 16.6 Å². The third kappa shape index (κ3) is 3.70. The number of carbonyl (C=O) groups is 1. The number of nitrogens with zero attached hydrogens (tertiary/aromatic N) is 2. The van der Waals surface area contributed by atoms with E-state index in [9.17, 15) is 13.2 Å². The highest BCUT2D eigenvalue weighted by molar-refractivity contribution is 7.90. The maximum atomic E-state index is 12.5. The zero-order valence-corrected chi connectivity index (χ0v) is 16.0. The molecule has 1 aliphatic heterocycles. The standard InChI is InChI=1S/C16H16ClN3O3S2/c1-10(16(21)20(2)9-11-7-8-14(17)24-11)18-15-12-5-3-4-6-13(12)25(22,23)19-15/h3-8,10H,9H2,1-2H3,(H,18,19)/t10-/m0/s1. The summed E-state index contributed by atoms with van der Waals surface area (Å²) >= 11 is 7.31. The second-order valence-corrected chi connectivity index (χ2v) is 9.11. The molecule has 9 heteroatoms. The van der Waals surface area contributed by atoms with Gasteiger partial charge in [-0.25, -0.2) is 8.42 Å².